The molecule has 6 nitrogen and oxygen atoms in total. The third kappa shape index (κ3) is 3.43. The highest BCUT2D eigenvalue weighted by Gasteiger charge is 2.34. The number of carboxylic acid groups (broad SMARTS) is 1. The molecule has 1 N–H and O–H groups in total. The van der Waals surface area contributed by atoms with Gasteiger partial charge in [-0.1, -0.05) is 20.8 Å². The molecular formula is C15H23N3O3. The van der Waals surface area contributed by atoms with Crippen molar-refractivity contribution in [3.05, 3.63) is 22.7 Å². The summed E-state index contributed by atoms with van der Waals surface area (Å²) in [6.07, 6.45) is 4.67. The van der Waals surface area contributed by atoms with Gasteiger partial charge in [0.15, 0.2) is 5.82 Å². The minimum Gasteiger partial charge on any atom is -0.480 e. The van der Waals surface area contributed by atoms with Crippen molar-refractivity contribution in [2.24, 2.45) is 11.8 Å². The second-order valence-electron chi connectivity index (χ2n) is 6.28. The topological polar surface area (TPSA) is 75.4 Å². The van der Waals surface area contributed by atoms with E-state index in [0.717, 1.165) is 6.42 Å². The third-order valence-corrected chi connectivity index (χ3v) is 3.88. The van der Waals surface area contributed by atoms with Crippen molar-refractivity contribution in [1.82, 2.24) is 9.55 Å². The lowest BCUT2D eigenvalue weighted by molar-refractivity contribution is -0.139. The molecule has 0 spiro atoms. The molecule has 0 bridgehead atoms. The van der Waals surface area contributed by atoms with Gasteiger partial charge in [-0.15, -0.1) is 0 Å². The molecule has 0 aliphatic carbocycles. The standard InChI is InChI=1S/C15H23N3O3/c1-10(2)9-17-7-5-16-13(14(17)19)18-6-4-11(3)8-12(18)15(20)21/h5,7,10-12H,4,6,8-9H2,1-3H3,(H,20,21). The number of anilines is 1. The number of nitrogens with zero attached hydrogens (tertiary/aromatic N) is 3. The SMILES string of the molecule is CC(C)Cn1ccnc(N2CCC(C)CC2C(=O)O)c1=O. The Morgan fingerprint density at radius 1 is 1.52 bits per heavy atom. The van der Waals surface area contributed by atoms with Crippen LogP contribution in [0, 0.1) is 11.8 Å². The molecule has 0 amide bonds. The zero-order valence-electron chi connectivity index (χ0n) is 12.8. The molecule has 1 aliphatic heterocycles. The summed E-state index contributed by atoms with van der Waals surface area (Å²) >= 11 is 0. The molecule has 1 aromatic rings. The summed E-state index contributed by atoms with van der Waals surface area (Å²) in [6, 6.07) is -0.663. The number of carboxylic acids is 1. The van der Waals surface area contributed by atoms with Gasteiger partial charge in [0.2, 0.25) is 0 Å². The Kier molecular flexibility index (Phi) is 4.65. The van der Waals surface area contributed by atoms with E-state index in [2.05, 4.69) is 4.98 Å². The molecule has 2 rings (SSSR count). The summed E-state index contributed by atoms with van der Waals surface area (Å²) < 4.78 is 1.62. The Hall–Kier alpha value is -1.85. The fourth-order valence-corrected chi connectivity index (χ4v) is 2.80. The molecule has 116 valence electrons. The van der Waals surface area contributed by atoms with Crippen LogP contribution in [0.5, 0.6) is 0 Å². The van der Waals surface area contributed by atoms with E-state index in [-0.39, 0.29) is 11.4 Å². The van der Waals surface area contributed by atoms with Gasteiger partial charge in [-0.05, 0) is 24.7 Å². The van der Waals surface area contributed by atoms with Gasteiger partial charge in [-0.2, -0.15) is 0 Å². The van der Waals surface area contributed by atoms with Crippen molar-refractivity contribution in [3.8, 4) is 0 Å². The first-order valence-electron chi connectivity index (χ1n) is 7.45. The van der Waals surface area contributed by atoms with Crippen LogP contribution in [0.2, 0.25) is 0 Å². The molecular weight excluding hydrogens is 270 g/mol. The molecule has 1 saturated heterocycles. The lowest BCUT2D eigenvalue weighted by Crippen LogP contribution is -2.49. The molecule has 2 unspecified atom stereocenters. The third-order valence-electron chi connectivity index (χ3n) is 3.88. The first-order chi connectivity index (χ1) is 9.90. The first kappa shape index (κ1) is 15.5. The number of hydrogen-bond donors (Lipinski definition) is 1. The number of carbonyl (C=O) groups is 1. The average molecular weight is 293 g/mol. The van der Waals surface area contributed by atoms with E-state index < -0.39 is 12.0 Å². The van der Waals surface area contributed by atoms with Gasteiger partial charge in [0.1, 0.15) is 6.04 Å². The van der Waals surface area contributed by atoms with Crippen LogP contribution >= 0.6 is 0 Å². The van der Waals surface area contributed by atoms with Gasteiger partial charge in [0.05, 0.1) is 0 Å². The quantitative estimate of drug-likeness (QED) is 0.912. The van der Waals surface area contributed by atoms with Gasteiger partial charge < -0.3 is 14.6 Å². The second kappa shape index (κ2) is 6.28. The first-order valence-corrected chi connectivity index (χ1v) is 7.45. The maximum absolute atomic E-state index is 12.5. The summed E-state index contributed by atoms with van der Waals surface area (Å²) in [5, 5.41) is 9.42. The summed E-state index contributed by atoms with van der Waals surface area (Å²) in [5.74, 6) is 0.0676. The highest BCUT2D eigenvalue weighted by atomic mass is 16.4. The van der Waals surface area contributed by atoms with Gasteiger partial charge in [0.25, 0.3) is 5.56 Å². The lowest BCUT2D eigenvalue weighted by atomic mass is 9.92. The fraction of sp³-hybridized carbons (Fsp3) is 0.667. The molecule has 1 aliphatic rings. The molecule has 6 heteroatoms. The van der Waals surface area contributed by atoms with E-state index in [0.29, 0.717) is 31.3 Å². The highest BCUT2D eigenvalue weighted by Crippen LogP contribution is 2.25. The van der Waals surface area contributed by atoms with Crippen molar-refractivity contribution in [3.63, 3.8) is 0 Å². The minimum atomic E-state index is -0.887. The number of aromatic nitrogens is 2. The lowest BCUT2D eigenvalue weighted by Gasteiger charge is -2.36. The molecule has 2 atom stereocenters. The summed E-state index contributed by atoms with van der Waals surface area (Å²) in [6.45, 7) is 7.29. The highest BCUT2D eigenvalue weighted by molar-refractivity contribution is 5.77. The maximum atomic E-state index is 12.5. The van der Waals surface area contributed by atoms with Crippen molar-refractivity contribution >= 4 is 11.8 Å². The average Bonchev–Trinajstić information content (AvgIpc) is 2.41. The van der Waals surface area contributed by atoms with Crippen molar-refractivity contribution in [1.29, 1.82) is 0 Å². The van der Waals surface area contributed by atoms with Crippen LogP contribution in [0.25, 0.3) is 0 Å². The van der Waals surface area contributed by atoms with Crippen LogP contribution in [-0.2, 0) is 11.3 Å². The Labute approximate surface area is 124 Å². The Morgan fingerprint density at radius 2 is 2.24 bits per heavy atom. The molecule has 0 saturated carbocycles. The minimum absolute atomic E-state index is 0.202. The zero-order valence-corrected chi connectivity index (χ0v) is 12.8. The molecule has 0 aromatic carbocycles. The van der Waals surface area contributed by atoms with Crippen LogP contribution in [0.15, 0.2) is 17.2 Å². The van der Waals surface area contributed by atoms with E-state index in [1.165, 1.54) is 0 Å². The van der Waals surface area contributed by atoms with Crippen LogP contribution in [0.3, 0.4) is 0 Å². The van der Waals surface area contributed by atoms with Gasteiger partial charge in [0, 0.05) is 25.5 Å². The normalized spacial score (nSPS) is 22.6. The summed E-state index contributed by atoms with van der Waals surface area (Å²) in [5.41, 5.74) is -0.202. The summed E-state index contributed by atoms with van der Waals surface area (Å²) in [4.78, 5) is 29.8. The van der Waals surface area contributed by atoms with Gasteiger partial charge >= 0.3 is 5.97 Å². The van der Waals surface area contributed by atoms with E-state index in [1.54, 1.807) is 21.9 Å². The van der Waals surface area contributed by atoms with Gasteiger partial charge in [-0.3, -0.25) is 4.79 Å². The summed E-state index contributed by atoms with van der Waals surface area (Å²) in [7, 11) is 0. The van der Waals surface area contributed by atoms with Crippen molar-refractivity contribution < 1.29 is 9.90 Å². The van der Waals surface area contributed by atoms with E-state index in [1.807, 2.05) is 20.8 Å². The van der Waals surface area contributed by atoms with Crippen LogP contribution < -0.4 is 10.5 Å². The predicted octanol–water partition coefficient (Wildman–Crippen LogP) is 1.59. The second-order valence-corrected chi connectivity index (χ2v) is 6.28. The fourth-order valence-electron chi connectivity index (χ4n) is 2.80. The maximum Gasteiger partial charge on any atom is 0.326 e. The molecule has 1 aromatic heterocycles. The van der Waals surface area contributed by atoms with E-state index in [4.69, 9.17) is 0 Å². The van der Waals surface area contributed by atoms with E-state index >= 15 is 0 Å². The molecule has 0 radical (unpaired) electrons. The van der Waals surface area contributed by atoms with E-state index in [9.17, 15) is 14.7 Å². The molecule has 1 fully saturated rings. The molecule has 2 heterocycles. The largest absolute Gasteiger partial charge is 0.480 e. The monoisotopic (exact) mass is 293 g/mol. The molecule has 21 heavy (non-hydrogen) atoms. The van der Waals surface area contributed by atoms with Crippen LogP contribution in [-0.4, -0.2) is 33.2 Å². The smallest absolute Gasteiger partial charge is 0.326 e. The van der Waals surface area contributed by atoms with Crippen molar-refractivity contribution in [2.45, 2.75) is 46.2 Å². The van der Waals surface area contributed by atoms with Crippen LogP contribution in [0.1, 0.15) is 33.6 Å². The predicted molar refractivity (Wildman–Crippen MR) is 80.5 cm³/mol. The van der Waals surface area contributed by atoms with Crippen LogP contribution in [0.4, 0.5) is 5.82 Å². The number of hydrogen-bond acceptors (Lipinski definition) is 4. The van der Waals surface area contributed by atoms with Gasteiger partial charge in [-0.25, -0.2) is 9.78 Å². The zero-order chi connectivity index (χ0) is 15.6. The Bertz CT molecular complexity index is 568. The number of aliphatic carboxylic acids is 1. The number of piperidine rings is 1. The van der Waals surface area contributed by atoms with Crippen molar-refractivity contribution in [2.75, 3.05) is 11.4 Å². The Morgan fingerprint density at radius 3 is 2.86 bits per heavy atom. The number of rotatable bonds is 4. The Balaban J connectivity index is 2.36.